The fourth-order valence-electron chi connectivity index (χ4n) is 4.28. The van der Waals surface area contributed by atoms with Crippen molar-refractivity contribution in [2.45, 2.75) is 25.9 Å². The fourth-order valence-corrected chi connectivity index (χ4v) is 4.28. The number of halogens is 1. The van der Waals surface area contributed by atoms with Crippen molar-refractivity contribution in [1.29, 1.82) is 0 Å². The molecule has 0 aliphatic heterocycles. The summed E-state index contributed by atoms with van der Waals surface area (Å²) >= 11 is 0. The topological polar surface area (TPSA) is 29.5 Å². The summed E-state index contributed by atoms with van der Waals surface area (Å²) in [6, 6.07) is 22.6. The molecular weight excluding hydrogens is 406 g/mol. The molecule has 3 nitrogen and oxygen atoms in total. The molecule has 0 saturated heterocycles. The summed E-state index contributed by atoms with van der Waals surface area (Å²) in [4.78, 5) is 13.1. The summed E-state index contributed by atoms with van der Waals surface area (Å²) in [6.45, 7) is 1.72. The molecule has 0 radical (unpaired) electrons. The molecule has 0 saturated carbocycles. The minimum atomic E-state index is 0. The Morgan fingerprint density at radius 3 is 2.26 bits per heavy atom. The highest BCUT2D eigenvalue weighted by Gasteiger charge is 2.19. The highest BCUT2D eigenvalue weighted by Crippen LogP contribution is 2.29. The van der Waals surface area contributed by atoms with Crippen LogP contribution < -0.4 is 4.74 Å². The molecule has 0 N–H and O–H groups in total. The number of carbonyl (C=O) groups is 1. The van der Waals surface area contributed by atoms with Crippen molar-refractivity contribution in [3.8, 4) is 16.9 Å². The first kappa shape index (κ1) is 23.1. The molecule has 1 atom stereocenters. The molecular formula is C27H30ClNO2. The number of hydrogen-bond donors (Lipinski definition) is 0. The van der Waals surface area contributed by atoms with Crippen LogP contribution in [0, 0.1) is 5.92 Å². The van der Waals surface area contributed by atoms with Gasteiger partial charge >= 0.3 is 0 Å². The Hall–Kier alpha value is -2.62. The van der Waals surface area contributed by atoms with Gasteiger partial charge in [0.25, 0.3) is 0 Å². The smallest absolute Gasteiger partial charge is 0.150 e. The molecule has 31 heavy (non-hydrogen) atoms. The summed E-state index contributed by atoms with van der Waals surface area (Å²) < 4.78 is 6.08. The second kappa shape index (κ2) is 10.6. The number of aldehydes is 1. The summed E-state index contributed by atoms with van der Waals surface area (Å²) in [5.41, 5.74) is 7.00. The zero-order valence-corrected chi connectivity index (χ0v) is 19.0. The molecule has 4 heteroatoms. The van der Waals surface area contributed by atoms with E-state index in [1.807, 2.05) is 24.3 Å². The van der Waals surface area contributed by atoms with E-state index >= 15 is 0 Å². The lowest BCUT2D eigenvalue weighted by atomic mass is 9.83. The SMILES string of the molecule is CN(C)CC1CCc2cc(OCc3ccc(-c4ccc(C=O)cc4)cc3)ccc2C1.Cl. The standard InChI is InChI=1S/C27H29NO2.ClH/c1-28(2)17-22-7-12-26-16-27(14-13-25(26)15-22)30-19-21-5-10-24(11-6-21)23-8-3-20(18-29)4-9-23;/h3-6,8-11,13-14,16,18,22H,7,12,15,17,19H2,1-2H3;1H. The van der Waals surface area contributed by atoms with E-state index in [1.54, 1.807) is 0 Å². The van der Waals surface area contributed by atoms with Gasteiger partial charge in [0, 0.05) is 12.1 Å². The normalized spacial score (nSPS) is 15.1. The minimum Gasteiger partial charge on any atom is -0.489 e. The van der Waals surface area contributed by atoms with Gasteiger partial charge < -0.3 is 9.64 Å². The first-order chi connectivity index (χ1) is 14.6. The molecule has 1 unspecified atom stereocenters. The third-order valence-corrected chi connectivity index (χ3v) is 5.87. The highest BCUT2D eigenvalue weighted by atomic mass is 35.5. The lowest BCUT2D eigenvalue weighted by molar-refractivity contribution is 0.112. The van der Waals surface area contributed by atoms with Gasteiger partial charge in [0.2, 0.25) is 0 Å². The maximum absolute atomic E-state index is 10.8. The van der Waals surface area contributed by atoms with E-state index in [2.05, 4.69) is 61.5 Å². The predicted octanol–water partition coefficient (Wildman–Crippen LogP) is 5.83. The number of rotatable bonds is 7. The Kier molecular flexibility index (Phi) is 7.89. The summed E-state index contributed by atoms with van der Waals surface area (Å²) in [7, 11) is 4.31. The summed E-state index contributed by atoms with van der Waals surface area (Å²) in [5.74, 6) is 1.71. The van der Waals surface area contributed by atoms with Gasteiger partial charge in [-0.3, -0.25) is 4.79 Å². The summed E-state index contributed by atoms with van der Waals surface area (Å²) in [5, 5.41) is 0. The number of aryl methyl sites for hydroxylation is 1. The van der Waals surface area contributed by atoms with Crippen molar-refractivity contribution >= 4 is 18.7 Å². The van der Waals surface area contributed by atoms with Crippen molar-refractivity contribution in [2.24, 2.45) is 5.92 Å². The Bertz CT molecular complexity index is 997. The van der Waals surface area contributed by atoms with Crippen LogP contribution >= 0.6 is 12.4 Å². The predicted molar refractivity (Wildman–Crippen MR) is 129 cm³/mol. The molecule has 0 bridgehead atoms. The Balaban J connectivity index is 0.00000272. The van der Waals surface area contributed by atoms with Crippen LogP contribution in [0.5, 0.6) is 5.75 Å². The van der Waals surface area contributed by atoms with Gasteiger partial charge in [-0.15, -0.1) is 12.4 Å². The zero-order chi connectivity index (χ0) is 20.9. The molecule has 0 fully saturated rings. The van der Waals surface area contributed by atoms with Crippen molar-refractivity contribution < 1.29 is 9.53 Å². The maximum Gasteiger partial charge on any atom is 0.150 e. The third kappa shape index (κ3) is 5.96. The maximum atomic E-state index is 10.8. The molecule has 3 aromatic carbocycles. The van der Waals surface area contributed by atoms with E-state index < -0.39 is 0 Å². The first-order valence-corrected chi connectivity index (χ1v) is 10.6. The second-order valence-corrected chi connectivity index (χ2v) is 8.53. The zero-order valence-electron chi connectivity index (χ0n) is 18.2. The molecule has 0 heterocycles. The van der Waals surface area contributed by atoms with Crippen molar-refractivity contribution in [3.63, 3.8) is 0 Å². The second-order valence-electron chi connectivity index (χ2n) is 8.53. The van der Waals surface area contributed by atoms with Gasteiger partial charge in [-0.25, -0.2) is 0 Å². The van der Waals surface area contributed by atoms with Gasteiger partial charge in [-0.05, 0) is 79.2 Å². The van der Waals surface area contributed by atoms with Gasteiger partial charge in [0.1, 0.15) is 18.6 Å². The van der Waals surface area contributed by atoms with Gasteiger partial charge in [-0.1, -0.05) is 54.6 Å². The number of benzene rings is 3. The van der Waals surface area contributed by atoms with E-state index in [0.717, 1.165) is 47.6 Å². The van der Waals surface area contributed by atoms with Crippen LogP contribution in [0.3, 0.4) is 0 Å². The Morgan fingerprint density at radius 2 is 1.61 bits per heavy atom. The number of ether oxygens (including phenoxy) is 1. The van der Waals surface area contributed by atoms with Crippen LogP contribution in [0.4, 0.5) is 0 Å². The third-order valence-electron chi connectivity index (χ3n) is 5.87. The number of nitrogens with zero attached hydrogens (tertiary/aromatic N) is 1. The fraction of sp³-hybridized carbons (Fsp3) is 0.296. The van der Waals surface area contributed by atoms with Gasteiger partial charge in [-0.2, -0.15) is 0 Å². The van der Waals surface area contributed by atoms with Crippen LogP contribution in [0.15, 0.2) is 66.7 Å². The molecule has 0 aromatic heterocycles. The molecule has 0 amide bonds. The average molecular weight is 436 g/mol. The van der Waals surface area contributed by atoms with E-state index in [9.17, 15) is 4.79 Å². The van der Waals surface area contributed by atoms with Crippen molar-refractivity contribution in [3.05, 3.63) is 89.0 Å². The molecule has 0 spiro atoms. The van der Waals surface area contributed by atoms with Crippen molar-refractivity contribution in [1.82, 2.24) is 4.90 Å². The molecule has 3 aromatic rings. The quantitative estimate of drug-likeness (QED) is 0.437. The Labute approximate surface area is 191 Å². The number of fused-ring (bicyclic) bond motifs is 1. The van der Waals surface area contributed by atoms with E-state index in [0.29, 0.717) is 12.2 Å². The number of carbonyl (C=O) groups excluding carboxylic acids is 1. The van der Waals surface area contributed by atoms with Crippen LogP contribution in [-0.4, -0.2) is 31.8 Å². The monoisotopic (exact) mass is 435 g/mol. The largest absolute Gasteiger partial charge is 0.489 e. The van der Waals surface area contributed by atoms with E-state index in [1.165, 1.54) is 24.0 Å². The van der Waals surface area contributed by atoms with Crippen LogP contribution in [0.2, 0.25) is 0 Å². The Morgan fingerprint density at radius 1 is 0.935 bits per heavy atom. The van der Waals surface area contributed by atoms with Crippen LogP contribution in [-0.2, 0) is 19.4 Å². The highest BCUT2D eigenvalue weighted by molar-refractivity contribution is 5.85. The van der Waals surface area contributed by atoms with Crippen LogP contribution in [0.1, 0.15) is 33.5 Å². The first-order valence-electron chi connectivity index (χ1n) is 10.6. The number of hydrogen-bond acceptors (Lipinski definition) is 3. The molecule has 1 aliphatic rings. The lowest BCUT2D eigenvalue weighted by Gasteiger charge is -2.27. The summed E-state index contributed by atoms with van der Waals surface area (Å²) in [6.07, 6.45) is 4.43. The van der Waals surface area contributed by atoms with E-state index in [-0.39, 0.29) is 12.4 Å². The van der Waals surface area contributed by atoms with Gasteiger partial charge in [0.15, 0.2) is 0 Å². The lowest BCUT2D eigenvalue weighted by Crippen LogP contribution is -2.26. The minimum absolute atomic E-state index is 0. The average Bonchev–Trinajstić information content (AvgIpc) is 2.77. The molecule has 162 valence electrons. The van der Waals surface area contributed by atoms with E-state index in [4.69, 9.17) is 4.74 Å². The van der Waals surface area contributed by atoms with Gasteiger partial charge in [0.05, 0.1) is 0 Å². The molecule has 4 rings (SSSR count). The van der Waals surface area contributed by atoms with Crippen LogP contribution in [0.25, 0.3) is 11.1 Å². The van der Waals surface area contributed by atoms with Crippen molar-refractivity contribution in [2.75, 3.05) is 20.6 Å². The molecule has 1 aliphatic carbocycles.